The van der Waals surface area contributed by atoms with Gasteiger partial charge >= 0.3 is 0 Å². The fourth-order valence-electron chi connectivity index (χ4n) is 2.86. The van der Waals surface area contributed by atoms with Gasteiger partial charge in [0.25, 0.3) is 5.56 Å². The van der Waals surface area contributed by atoms with Gasteiger partial charge in [0.1, 0.15) is 12.2 Å². The second-order valence-corrected chi connectivity index (χ2v) is 5.87. The number of quaternary nitrogens is 1. The second-order valence-electron chi connectivity index (χ2n) is 5.87. The lowest BCUT2D eigenvalue weighted by Crippen LogP contribution is -2.82. The third-order valence-electron chi connectivity index (χ3n) is 4.18. The van der Waals surface area contributed by atoms with Crippen LogP contribution in [0.25, 0.3) is 11.0 Å². The van der Waals surface area contributed by atoms with E-state index in [1.54, 1.807) is 0 Å². The molecule has 0 aliphatic rings. The Morgan fingerprint density at radius 2 is 2.09 bits per heavy atom. The van der Waals surface area contributed by atoms with Crippen molar-refractivity contribution in [3.63, 3.8) is 0 Å². The molecule has 0 saturated heterocycles. The van der Waals surface area contributed by atoms with E-state index in [9.17, 15) is 4.79 Å². The Morgan fingerprint density at radius 3 is 2.87 bits per heavy atom. The quantitative estimate of drug-likeness (QED) is 0.512. The van der Waals surface area contributed by atoms with Crippen LogP contribution in [-0.4, -0.2) is 21.5 Å². The van der Waals surface area contributed by atoms with Crippen molar-refractivity contribution < 1.29 is 5.32 Å². The van der Waals surface area contributed by atoms with E-state index in [0.717, 1.165) is 25.1 Å². The second kappa shape index (κ2) is 6.66. The molecule has 0 aliphatic heterocycles. The van der Waals surface area contributed by atoms with Crippen molar-refractivity contribution in [1.82, 2.24) is 15.0 Å². The van der Waals surface area contributed by atoms with Gasteiger partial charge in [-0.15, -0.1) is 0 Å². The van der Waals surface area contributed by atoms with Gasteiger partial charge < -0.3 is 16.0 Å². The molecule has 1 aromatic carbocycles. The first-order valence-electron chi connectivity index (χ1n) is 7.87. The van der Waals surface area contributed by atoms with E-state index in [1.165, 1.54) is 5.56 Å². The minimum atomic E-state index is -0.185. The minimum absolute atomic E-state index is 0.136. The summed E-state index contributed by atoms with van der Waals surface area (Å²) in [5, 5.41) is 2.82. The summed E-state index contributed by atoms with van der Waals surface area (Å²) in [6, 6.07) is 10.5. The number of rotatable bonds is 6. The molecule has 0 saturated carbocycles. The number of benzene rings is 1. The summed E-state index contributed by atoms with van der Waals surface area (Å²) in [7, 11) is 0. The number of hydrogen-bond donors (Lipinski definition) is 4. The molecule has 1 atom stereocenters. The Bertz CT molecular complexity index is 837. The van der Waals surface area contributed by atoms with Gasteiger partial charge in [0.2, 0.25) is 5.95 Å². The standard InChI is InChI=1S/C17H21N5O/c1-11(12-5-3-2-4-6-12)7-8-19-9-13-10-20-15-14(13)16(23)22-17(18)21-15/h2-6,10-11,19H,7-9H2,1H3,(H4,18,20,21,22,23)/p+1. The van der Waals surface area contributed by atoms with Crippen molar-refractivity contribution in [3.05, 3.63) is 58.0 Å². The predicted molar refractivity (Wildman–Crippen MR) is 91.1 cm³/mol. The van der Waals surface area contributed by atoms with Crippen LogP contribution in [0.15, 0.2) is 41.3 Å². The topological polar surface area (TPSA) is 104 Å². The number of nitrogens with two attached hydrogens (primary N) is 2. The molecular formula is C17H22N5O+. The number of nitrogens with zero attached hydrogens (tertiary/aromatic N) is 1. The zero-order valence-electron chi connectivity index (χ0n) is 13.2. The van der Waals surface area contributed by atoms with Gasteiger partial charge in [-0.3, -0.25) is 9.78 Å². The molecule has 3 rings (SSSR count). The largest absolute Gasteiger partial charge is 0.369 e. The van der Waals surface area contributed by atoms with Crippen LogP contribution in [0.2, 0.25) is 0 Å². The van der Waals surface area contributed by atoms with E-state index in [0.29, 0.717) is 17.0 Å². The van der Waals surface area contributed by atoms with Crippen molar-refractivity contribution in [3.8, 4) is 0 Å². The SMILES string of the molecule is CC(CC[NH2+]Cc1c[nH]c2nc(N)[nH]c(=O)c12)c1ccccc1. The fourth-order valence-corrected chi connectivity index (χ4v) is 2.86. The predicted octanol–water partition coefficient (Wildman–Crippen LogP) is 1.09. The maximum Gasteiger partial charge on any atom is 0.262 e. The van der Waals surface area contributed by atoms with Crippen LogP contribution in [-0.2, 0) is 6.54 Å². The number of nitrogens with one attached hydrogen (secondary N) is 2. The number of fused-ring (bicyclic) bond motifs is 1. The summed E-state index contributed by atoms with van der Waals surface area (Å²) in [6.45, 7) is 3.99. The smallest absolute Gasteiger partial charge is 0.262 e. The molecule has 0 bridgehead atoms. The molecule has 2 heterocycles. The number of hydrogen-bond acceptors (Lipinski definition) is 3. The monoisotopic (exact) mass is 312 g/mol. The van der Waals surface area contributed by atoms with Gasteiger partial charge in [0.05, 0.1) is 11.9 Å². The molecule has 0 radical (unpaired) electrons. The highest BCUT2D eigenvalue weighted by Crippen LogP contribution is 2.17. The average molecular weight is 312 g/mol. The molecule has 0 fully saturated rings. The molecule has 2 aromatic heterocycles. The first-order valence-corrected chi connectivity index (χ1v) is 7.87. The summed E-state index contributed by atoms with van der Waals surface area (Å²) >= 11 is 0. The van der Waals surface area contributed by atoms with E-state index in [4.69, 9.17) is 5.73 Å². The van der Waals surface area contributed by atoms with E-state index in [-0.39, 0.29) is 11.5 Å². The third kappa shape index (κ3) is 3.43. The van der Waals surface area contributed by atoms with E-state index >= 15 is 0 Å². The van der Waals surface area contributed by atoms with Gasteiger partial charge in [0, 0.05) is 18.2 Å². The molecule has 120 valence electrons. The molecule has 0 amide bonds. The molecule has 6 nitrogen and oxygen atoms in total. The van der Waals surface area contributed by atoms with Gasteiger partial charge in [-0.05, 0) is 11.5 Å². The zero-order chi connectivity index (χ0) is 16.2. The van der Waals surface area contributed by atoms with Crippen LogP contribution < -0.4 is 16.6 Å². The summed E-state index contributed by atoms with van der Waals surface area (Å²) in [5.74, 6) is 0.664. The Hall–Kier alpha value is -2.60. The number of H-pyrrole nitrogens is 2. The van der Waals surface area contributed by atoms with Crippen molar-refractivity contribution in [1.29, 1.82) is 0 Å². The Kier molecular flexibility index (Phi) is 4.43. The van der Waals surface area contributed by atoms with Crippen LogP contribution in [0.5, 0.6) is 0 Å². The zero-order valence-corrected chi connectivity index (χ0v) is 13.2. The number of aromatic amines is 2. The van der Waals surface area contributed by atoms with Crippen molar-refractivity contribution in [2.45, 2.75) is 25.8 Å². The highest BCUT2D eigenvalue weighted by molar-refractivity contribution is 5.79. The van der Waals surface area contributed by atoms with Crippen molar-refractivity contribution in [2.24, 2.45) is 0 Å². The lowest BCUT2D eigenvalue weighted by Gasteiger charge is -2.10. The molecule has 6 N–H and O–H groups in total. The van der Waals surface area contributed by atoms with Crippen molar-refractivity contribution >= 4 is 17.0 Å². The van der Waals surface area contributed by atoms with Crippen LogP contribution >= 0.6 is 0 Å². The number of aromatic nitrogens is 3. The molecule has 6 heteroatoms. The molecule has 0 spiro atoms. The maximum absolute atomic E-state index is 12.0. The highest BCUT2D eigenvalue weighted by atomic mass is 16.1. The number of nitrogen functional groups attached to an aromatic ring is 1. The van der Waals surface area contributed by atoms with E-state index in [2.05, 4.69) is 51.5 Å². The fraction of sp³-hybridized carbons (Fsp3) is 0.294. The lowest BCUT2D eigenvalue weighted by molar-refractivity contribution is -0.671. The highest BCUT2D eigenvalue weighted by Gasteiger charge is 2.12. The van der Waals surface area contributed by atoms with Crippen LogP contribution in [0.3, 0.4) is 0 Å². The van der Waals surface area contributed by atoms with Crippen LogP contribution in [0.4, 0.5) is 5.95 Å². The van der Waals surface area contributed by atoms with Crippen LogP contribution in [0, 0.1) is 0 Å². The van der Waals surface area contributed by atoms with Gasteiger partial charge in [0.15, 0.2) is 0 Å². The molecule has 3 aromatic rings. The molecule has 0 aliphatic carbocycles. The summed E-state index contributed by atoms with van der Waals surface area (Å²) < 4.78 is 0. The average Bonchev–Trinajstić information content (AvgIpc) is 2.95. The third-order valence-corrected chi connectivity index (χ3v) is 4.18. The normalized spacial score (nSPS) is 12.6. The van der Waals surface area contributed by atoms with Crippen LogP contribution in [0.1, 0.15) is 30.4 Å². The summed E-state index contributed by atoms with van der Waals surface area (Å²) in [6.07, 6.45) is 2.93. The summed E-state index contributed by atoms with van der Waals surface area (Å²) in [4.78, 5) is 21.7. The first kappa shape index (κ1) is 15.3. The first-order chi connectivity index (χ1) is 11.1. The van der Waals surface area contributed by atoms with E-state index < -0.39 is 0 Å². The molecule has 1 unspecified atom stereocenters. The van der Waals surface area contributed by atoms with Gasteiger partial charge in [-0.25, -0.2) is 0 Å². The minimum Gasteiger partial charge on any atom is -0.369 e. The van der Waals surface area contributed by atoms with Gasteiger partial charge in [-0.2, -0.15) is 4.98 Å². The lowest BCUT2D eigenvalue weighted by atomic mass is 9.98. The van der Waals surface area contributed by atoms with E-state index in [1.807, 2.05) is 12.3 Å². The number of anilines is 1. The molecular weight excluding hydrogens is 290 g/mol. The Labute approximate surface area is 134 Å². The summed E-state index contributed by atoms with van der Waals surface area (Å²) in [5.41, 5.74) is 8.24. The Balaban J connectivity index is 1.58. The Morgan fingerprint density at radius 1 is 1.30 bits per heavy atom. The van der Waals surface area contributed by atoms with Crippen molar-refractivity contribution in [2.75, 3.05) is 12.3 Å². The molecule has 23 heavy (non-hydrogen) atoms. The van der Waals surface area contributed by atoms with Gasteiger partial charge in [-0.1, -0.05) is 37.3 Å². The maximum atomic E-state index is 12.0.